The summed E-state index contributed by atoms with van der Waals surface area (Å²) in [6, 6.07) is 5.11. The number of methoxy groups -OCH3 is 3. The van der Waals surface area contributed by atoms with Crippen LogP contribution in [0, 0.1) is 0 Å². The summed E-state index contributed by atoms with van der Waals surface area (Å²) in [5.41, 5.74) is 2.07. The molecule has 422 valence electrons. The zero-order valence-corrected chi connectivity index (χ0v) is 46.4. The lowest BCUT2D eigenvalue weighted by atomic mass is 10.1. The van der Waals surface area contributed by atoms with E-state index in [0.717, 1.165) is 0 Å². The van der Waals surface area contributed by atoms with Gasteiger partial charge in [0, 0.05) is 72.5 Å². The summed E-state index contributed by atoms with van der Waals surface area (Å²) in [6.07, 6.45) is 5.50. The lowest BCUT2D eigenvalue weighted by Crippen LogP contribution is -2.45. The molecule has 5 atom stereocenters. The van der Waals surface area contributed by atoms with E-state index < -0.39 is 31.0 Å². The molecule has 2 aromatic carbocycles. The highest BCUT2D eigenvalue weighted by Gasteiger charge is 2.40. The molecule has 0 bridgehead atoms. The number of ether oxygens (including phenoxy) is 7. The molecule has 1 unspecified atom stereocenters. The first-order valence-electron chi connectivity index (χ1n) is 25.3. The fourth-order valence-corrected chi connectivity index (χ4v) is 11.3. The molecule has 21 nitrogen and oxygen atoms in total. The van der Waals surface area contributed by atoms with E-state index in [1.54, 1.807) is 36.7 Å². The van der Waals surface area contributed by atoms with Gasteiger partial charge in [-0.2, -0.15) is 0 Å². The third-order valence-electron chi connectivity index (χ3n) is 14.0. The van der Waals surface area contributed by atoms with Crippen LogP contribution in [0.1, 0.15) is 12.8 Å². The topological polar surface area (TPSA) is 231 Å². The monoisotopic (exact) mass is 1180 g/mol. The van der Waals surface area contributed by atoms with E-state index >= 15 is 0 Å². The number of amides is 2. The maximum absolute atomic E-state index is 14.9. The number of anilines is 4. The number of nitrogens with zero attached hydrogens (tertiary/aromatic N) is 8. The number of alkyl halides is 2. The number of carbonyl (C=O) groups is 2. The molecule has 4 saturated heterocycles. The predicted octanol–water partition coefficient (Wildman–Crippen LogP) is 7.82. The Hall–Kier alpha value is -6.86. The second-order valence-corrected chi connectivity index (χ2v) is 20.6. The number of pyridine rings is 2. The van der Waals surface area contributed by atoms with Crippen molar-refractivity contribution in [3.05, 3.63) is 82.1 Å². The molecule has 27 heteroatoms. The van der Waals surface area contributed by atoms with Crippen molar-refractivity contribution in [2.75, 3.05) is 108 Å². The normalized spacial score (nSPS) is 20.5. The lowest BCUT2D eigenvalue weighted by molar-refractivity contribution is -0.118. The summed E-state index contributed by atoms with van der Waals surface area (Å²) in [4.78, 5) is 56.7. The van der Waals surface area contributed by atoms with Crippen LogP contribution in [0.3, 0.4) is 0 Å². The van der Waals surface area contributed by atoms with Crippen molar-refractivity contribution < 1.29 is 51.5 Å². The van der Waals surface area contributed by atoms with Gasteiger partial charge in [-0.25, -0.2) is 38.7 Å². The minimum absolute atomic E-state index is 0.00404. The van der Waals surface area contributed by atoms with Crippen LogP contribution in [0.15, 0.2) is 62.0 Å². The van der Waals surface area contributed by atoms with E-state index in [2.05, 4.69) is 49.3 Å². The minimum atomic E-state index is -2.98. The number of benzene rings is 2. The summed E-state index contributed by atoms with van der Waals surface area (Å²) >= 11 is 28.0. The van der Waals surface area contributed by atoms with E-state index in [9.17, 15) is 18.4 Å². The third kappa shape index (κ3) is 11.8. The van der Waals surface area contributed by atoms with Crippen LogP contribution in [0.25, 0.3) is 44.3 Å². The van der Waals surface area contributed by atoms with Crippen molar-refractivity contribution in [1.82, 2.24) is 40.5 Å². The number of halogens is 6. The van der Waals surface area contributed by atoms with E-state index in [0.29, 0.717) is 83.1 Å². The minimum Gasteiger partial charge on any atom is -0.495 e. The molecule has 4 aliphatic rings. The van der Waals surface area contributed by atoms with Gasteiger partial charge in [-0.15, -0.1) is 0 Å². The Labute approximate surface area is 477 Å². The van der Waals surface area contributed by atoms with E-state index in [4.69, 9.17) is 99.5 Å². The van der Waals surface area contributed by atoms with Gasteiger partial charge in [0.2, 0.25) is 23.7 Å². The number of rotatable bonds is 20. The number of carbonyl (C=O) groups excluding carboxylic acids is 2. The molecule has 0 saturated carbocycles. The molecule has 4 aromatic heterocycles. The lowest BCUT2D eigenvalue weighted by Gasteiger charge is -2.23. The van der Waals surface area contributed by atoms with E-state index in [1.807, 2.05) is 0 Å². The fourth-order valence-electron chi connectivity index (χ4n) is 9.89. The number of hydrogen-bond acceptors (Lipinski definition) is 19. The Balaban J connectivity index is 0.889. The molecule has 6 aromatic rings. The van der Waals surface area contributed by atoms with Crippen LogP contribution in [0.2, 0.25) is 20.1 Å². The molecule has 0 aliphatic carbocycles. The average Bonchev–Trinajstić information content (AvgIpc) is 4.41. The summed E-state index contributed by atoms with van der Waals surface area (Å²) in [5, 5.41) is 14.0. The van der Waals surface area contributed by atoms with Crippen molar-refractivity contribution in [1.29, 1.82) is 0 Å². The quantitative estimate of drug-likeness (QED) is 0.0422. The molecule has 80 heavy (non-hydrogen) atoms. The smallest absolute Gasteiger partial charge is 0.266 e. The number of fused-ring (bicyclic) bond motifs is 2. The standard InChI is InChI=1S/C53H54Cl4F2N12O9/c1-6-39(72)62-31-21-77-23-33(31)66-51-60-18-26-14-29(41-43(54)35(74-3)16-36(75-4)44(41)55)64-49(47(26)68-51)70-10-8-28(20-70)79-12-13-80-38-17-37(76-5)45(56)42(46(38)57)30-15-27-19-61-52(67-34-24-78-22-32(34)63-40(73)7-2)69-48(27)50(65-30)71-11-9-53(58,59)25-71/h6-7,14-19,28,31-34H,1-2,8-13,20-25H2,3-5H3,(H,62,72)(H,63,73)(H,60,66,68)(H,61,67,69)/t28?,31-,32-,33+,34+/m0/s1. The van der Waals surface area contributed by atoms with Gasteiger partial charge in [-0.05, 0) is 30.7 Å². The predicted molar refractivity (Wildman–Crippen MR) is 300 cm³/mol. The van der Waals surface area contributed by atoms with Crippen LogP contribution in [0.4, 0.5) is 32.3 Å². The maximum atomic E-state index is 14.9. The molecular formula is C53H54Cl4F2N12O9. The second kappa shape index (κ2) is 24.1. The first-order chi connectivity index (χ1) is 38.6. The Morgan fingerprint density at radius 3 is 1.62 bits per heavy atom. The average molecular weight is 1180 g/mol. The van der Waals surface area contributed by atoms with Crippen LogP contribution >= 0.6 is 46.4 Å². The molecule has 8 heterocycles. The fraction of sp³-hybridized carbons (Fsp3) is 0.396. The Morgan fingerprint density at radius 2 is 1.15 bits per heavy atom. The number of nitrogens with one attached hydrogen (secondary N) is 4. The molecular weight excluding hydrogens is 1130 g/mol. The molecule has 4 N–H and O–H groups in total. The van der Waals surface area contributed by atoms with Gasteiger partial charge in [-0.3, -0.25) is 9.59 Å². The Morgan fingerprint density at radius 1 is 0.675 bits per heavy atom. The highest BCUT2D eigenvalue weighted by atomic mass is 35.5. The SMILES string of the molecule is C=CC(=O)N[C@H]1COC[C@H]1Nc1ncc2cc(-c3c(Cl)c(OC)cc(OC)c3Cl)nc(N3CCC(OCCOc4cc(OC)c(Cl)c(-c5cc6cnc(N[C@@H]7COC[C@@H]7NC(=O)C=C)nc6c(N6CCC(F)(F)C6)n5)c4Cl)C3)c2n1. The van der Waals surface area contributed by atoms with Crippen LogP contribution in [0.5, 0.6) is 23.0 Å². The van der Waals surface area contributed by atoms with Crippen LogP contribution in [-0.2, 0) is 23.8 Å². The van der Waals surface area contributed by atoms with Gasteiger partial charge in [0.05, 0.1) is 123 Å². The Kier molecular flexibility index (Phi) is 17.0. The van der Waals surface area contributed by atoms with Crippen LogP contribution < -0.4 is 50.0 Å². The van der Waals surface area contributed by atoms with Crippen molar-refractivity contribution >= 4 is 104 Å². The van der Waals surface area contributed by atoms with Gasteiger partial charge < -0.3 is 64.2 Å². The van der Waals surface area contributed by atoms with Gasteiger partial charge >= 0.3 is 0 Å². The molecule has 4 fully saturated rings. The molecule has 4 aliphatic heterocycles. The van der Waals surface area contributed by atoms with Crippen molar-refractivity contribution in [3.8, 4) is 45.5 Å². The zero-order valence-electron chi connectivity index (χ0n) is 43.4. The largest absolute Gasteiger partial charge is 0.495 e. The van der Waals surface area contributed by atoms with Crippen molar-refractivity contribution in [3.63, 3.8) is 0 Å². The molecule has 0 spiro atoms. The first kappa shape index (κ1) is 56.4. The van der Waals surface area contributed by atoms with Crippen molar-refractivity contribution in [2.45, 2.75) is 49.0 Å². The summed E-state index contributed by atoms with van der Waals surface area (Å²) in [5.74, 6) is -1.47. The van der Waals surface area contributed by atoms with Gasteiger partial charge in [0.25, 0.3) is 5.92 Å². The summed E-state index contributed by atoms with van der Waals surface area (Å²) < 4.78 is 70.6. The zero-order chi connectivity index (χ0) is 56.4. The van der Waals surface area contributed by atoms with E-state index in [-0.39, 0.29) is 124 Å². The maximum Gasteiger partial charge on any atom is 0.266 e. The summed E-state index contributed by atoms with van der Waals surface area (Å²) in [7, 11) is 4.42. The summed E-state index contributed by atoms with van der Waals surface area (Å²) in [6.45, 7) is 8.66. The second-order valence-electron chi connectivity index (χ2n) is 19.1. The van der Waals surface area contributed by atoms with Crippen LogP contribution in [-0.4, -0.2) is 165 Å². The first-order valence-corrected chi connectivity index (χ1v) is 26.8. The highest BCUT2D eigenvalue weighted by Crippen LogP contribution is 2.49. The van der Waals surface area contributed by atoms with Gasteiger partial charge in [0.1, 0.15) is 40.6 Å². The number of aromatic nitrogens is 6. The van der Waals surface area contributed by atoms with Crippen molar-refractivity contribution in [2.24, 2.45) is 0 Å². The van der Waals surface area contributed by atoms with E-state index in [1.165, 1.54) is 38.4 Å². The molecule has 10 rings (SSSR count). The third-order valence-corrected chi connectivity index (χ3v) is 15.5. The molecule has 0 radical (unpaired) electrons. The molecule has 2 amide bonds. The number of hydrogen-bond donors (Lipinski definition) is 4. The Bertz CT molecular complexity index is 3360. The van der Waals surface area contributed by atoms with Gasteiger partial charge in [0.15, 0.2) is 11.6 Å². The highest BCUT2D eigenvalue weighted by molar-refractivity contribution is 6.42. The van der Waals surface area contributed by atoms with Gasteiger partial charge in [-0.1, -0.05) is 59.6 Å².